The highest BCUT2D eigenvalue weighted by molar-refractivity contribution is 7.78. The number of aliphatic hydroxyl groups excluding tert-OH is 2. The molecule has 1 aliphatic rings. The van der Waals surface area contributed by atoms with Crippen molar-refractivity contribution in [2.24, 2.45) is 0 Å². The SMILES string of the molecule is CC1(F)C(O)[C@@H](CO)O[C@H]1CC=S. The van der Waals surface area contributed by atoms with Gasteiger partial charge in [0.2, 0.25) is 0 Å². The summed E-state index contributed by atoms with van der Waals surface area (Å²) < 4.78 is 18.8. The summed E-state index contributed by atoms with van der Waals surface area (Å²) in [4.78, 5) is 0. The molecule has 1 saturated heterocycles. The van der Waals surface area contributed by atoms with Crippen molar-refractivity contribution in [3.63, 3.8) is 0 Å². The Morgan fingerprint density at radius 1 is 1.69 bits per heavy atom. The Morgan fingerprint density at radius 2 is 2.31 bits per heavy atom. The van der Waals surface area contributed by atoms with Crippen LogP contribution in [-0.4, -0.2) is 46.2 Å². The first-order chi connectivity index (χ1) is 6.04. The Morgan fingerprint density at radius 3 is 2.69 bits per heavy atom. The van der Waals surface area contributed by atoms with Crippen molar-refractivity contribution < 1.29 is 19.3 Å². The predicted octanol–water partition coefficient (Wildman–Crippen LogP) is 0.225. The van der Waals surface area contributed by atoms with Crippen molar-refractivity contribution in [2.45, 2.75) is 37.3 Å². The van der Waals surface area contributed by atoms with E-state index in [0.717, 1.165) is 0 Å². The summed E-state index contributed by atoms with van der Waals surface area (Å²) in [5, 5.41) is 19.5. The molecule has 1 aliphatic heterocycles. The average molecular weight is 208 g/mol. The van der Waals surface area contributed by atoms with Gasteiger partial charge < -0.3 is 14.9 Å². The number of alkyl halides is 1. The van der Waals surface area contributed by atoms with Crippen LogP contribution in [0.25, 0.3) is 0 Å². The molecule has 76 valence electrons. The lowest BCUT2D eigenvalue weighted by atomic mass is 9.93. The highest BCUT2D eigenvalue weighted by atomic mass is 32.1. The monoisotopic (exact) mass is 208 g/mol. The molecule has 0 saturated carbocycles. The van der Waals surface area contributed by atoms with Gasteiger partial charge in [-0.15, -0.1) is 0 Å². The third-order valence-electron chi connectivity index (χ3n) is 2.39. The number of ether oxygens (including phenoxy) is 1. The summed E-state index contributed by atoms with van der Waals surface area (Å²) in [5.74, 6) is 0. The Bertz CT molecular complexity index is 198. The number of rotatable bonds is 3. The molecule has 1 heterocycles. The molecule has 1 fully saturated rings. The molecule has 5 heteroatoms. The third-order valence-corrected chi connectivity index (χ3v) is 2.58. The van der Waals surface area contributed by atoms with Crippen LogP contribution < -0.4 is 0 Å². The van der Waals surface area contributed by atoms with Gasteiger partial charge in [0.15, 0.2) is 5.67 Å². The van der Waals surface area contributed by atoms with Crippen LogP contribution in [-0.2, 0) is 4.74 Å². The fourth-order valence-electron chi connectivity index (χ4n) is 1.49. The maximum Gasteiger partial charge on any atom is 0.162 e. The van der Waals surface area contributed by atoms with Crippen LogP contribution in [0.4, 0.5) is 4.39 Å². The average Bonchev–Trinajstić information content (AvgIpc) is 2.29. The van der Waals surface area contributed by atoms with Gasteiger partial charge in [0.05, 0.1) is 12.7 Å². The molecule has 0 aromatic heterocycles. The van der Waals surface area contributed by atoms with Crippen LogP contribution in [0.1, 0.15) is 13.3 Å². The van der Waals surface area contributed by atoms with Gasteiger partial charge >= 0.3 is 0 Å². The van der Waals surface area contributed by atoms with Gasteiger partial charge in [-0.05, 0) is 12.3 Å². The van der Waals surface area contributed by atoms with E-state index in [1.54, 1.807) is 0 Å². The van der Waals surface area contributed by atoms with E-state index < -0.39 is 24.0 Å². The molecule has 0 aromatic rings. The summed E-state index contributed by atoms with van der Waals surface area (Å²) in [6.07, 6.45) is -2.61. The van der Waals surface area contributed by atoms with Gasteiger partial charge in [-0.3, -0.25) is 0 Å². The second-order valence-corrected chi connectivity index (χ2v) is 3.68. The van der Waals surface area contributed by atoms with E-state index >= 15 is 0 Å². The summed E-state index contributed by atoms with van der Waals surface area (Å²) in [5.41, 5.74) is -1.83. The minimum Gasteiger partial charge on any atom is -0.394 e. The second-order valence-electron chi connectivity index (χ2n) is 3.34. The summed E-state index contributed by atoms with van der Waals surface area (Å²) in [7, 11) is 0. The minimum atomic E-state index is -1.83. The Kier molecular flexibility index (Phi) is 3.34. The fraction of sp³-hybridized carbons (Fsp3) is 0.875. The zero-order valence-electron chi connectivity index (χ0n) is 7.31. The maximum absolute atomic E-state index is 13.7. The smallest absolute Gasteiger partial charge is 0.162 e. The lowest BCUT2D eigenvalue weighted by Crippen LogP contribution is -2.41. The van der Waals surface area contributed by atoms with Crippen LogP contribution in [0.3, 0.4) is 0 Å². The molecule has 2 unspecified atom stereocenters. The van der Waals surface area contributed by atoms with E-state index in [4.69, 9.17) is 9.84 Å². The highest BCUT2D eigenvalue weighted by Crippen LogP contribution is 2.35. The van der Waals surface area contributed by atoms with Crippen LogP contribution in [0.15, 0.2) is 0 Å². The largest absolute Gasteiger partial charge is 0.394 e. The van der Waals surface area contributed by atoms with Crippen molar-refractivity contribution in [3.05, 3.63) is 0 Å². The van der Waals surface area contributed by atoms with Crippen LogP contribution in [0.2, 0.25) is 0 Å². The number of hydrogen-bond donors (Lipinski definition) is 2. The summed E-state index contributed by atoms with van der Waals surface area (Å²) >= 11 is 4.59. The number of halogens is 1. The first-order valence-corrected chi connectivity index (χ1v) is 4.58. The van der Waals surface area contributed by atoms with E-state index in [-0.39, 0.29) is 13.0 Å². The van der Waals surface area contributed by atoms with Gasteiger partial charge in [-0.2, -0.15) is 0 Å². The van der Waals surface area contributed by atoms with E-state index in [2.05, 4.69) is 12.2 Å². The molecule has 3 nitrogen and oxygen atoms in total. The molecule has 0 bridgehead atoms. The Labute approximate surface area is 81.5 Å². The minimum absolute atomic E-state index is 0.260. The van der Waals surface area contributed by atoms with Crippen LogP contribution in [0.5, 0.6) is 0 Å². The molecule has 0 amide bonds. The van der Waals surface area contributed by atoms with E-state index in [1.165, 1.54) is 12.3 Å². The van der Waals surface area contributed by atoms with Gasteiger partial charge in [-0.25, -0.2) is 4.39 Å². The topological polar surface area (TPSA) is 49.7 Å². The van der Waals surface area contributed by atoms with Crippen molar-refractivity contribution in [2.75, 3.05) is 6.61 Å². The lowest BCUT2D eigenvalue weighted by molar-refractivity contribution is -0.0195. The molecule has 0 radical (unpaired) electrons. The quantitative estimate of drug-likeness (QED) is 0.652. The fourth-order valence-corrected chi connectivity index (χ4v) is 1.66. The molecule has 1 rings (SSSR count). The first-order valence-electron chi connectivity index (χ1n) is 4.11. The van der Waals surface area contributed by atoms with E-state index in [0.29, 0.717) is 0 Å². The molecular formula is C8H13FO3S. The molecule has 0 aliphatic carbocycles. The van der Waals surface area contributed by atoms with Gasteiger partial charge in [0, 0.05) is 6.42 Å². The maximum atomic E-state index is 13.7. The Hall–Kier alpha value is -0.100. The number of thiocarbonyl (C=S) groups is 1. The van der Waals surface area contributed by atoms with Crippen LogP contribution >= 0.6 is 12.2 Å². The standard InChI is InChI=1S/C8H13FO3S/c1-8(9)6(2-3-13)12-5(4-10)7(8)11/h3,5-7,10-11H,2,4H2,1H3/t5-,6+,7?,8?/m1/s1. The zero-order chi connectivity index (χ0) is 10.1. The molecule has 0 aromatic carbocycles. The van der Waals surface area contributed by atoms with Crippen molar-refractivity contribution in [3.8, 4) is 0 Å². The van der Waals surface area contributed by atoms with Crippen molar-refractivity contribution >= 4 is 17.6 Å². The lowest BCUT2D eigenvalue weighted by Gasteiger charge is -2.22. The van der Waals surface area contributed by atoms with E-state index in [1.807, 2.05) is 0 Å². The van der Waals surface area contributed by atoms with Gasteiger partial charge in [0.1, 0.15) is 12.2 Å². The normalized spacial score (nSPS) is 45.1. The van der Waals surface area contributed by atoms with Crippen molar-refractivity contribution in [1.82, 2.24) is 0 Å². The summed E-state index contributed by atoms with van der Waals surface area (Å²) in [6.45, 7) is 0.880. The van der Waals surface area contributed by atoms with Crippen LogP contribution in [0, 0.1) is 0 Å². The van der Waals surface area contributed by atoms with E-state index in [9.17, 15) is 9.50 Å². The summed E-state index contributed by atoms with van der Waals surface area (Å²) in [6, 6.07) is 0. The molecule has 4 atom stereocenters. The van der Waals surface area contributed by atoms with Gasteiger partial charge in [0.25, 0.3) is 0 Å². The van der Waals surface area contributed by atoms with Gasteiger partial charge in [-0.1, -0.05) is 12.2 Å². The predicted molar refractivity (Wildman–Crippen MR) is 49.5 cm³/mol. The zero-order valence-corrected chi connectivity index (χ0v) is 8.13. The Balaban J connectivity index is 2.73. The number of aliphatic hydroxyl groups is 2. The molecule has 0 spiro atoms. The molecule has 2 N–H and O–H groups in total. The second kappa shape index (κ2) is 3.96. The third kappa shape index (κ3) is 1.88. The van der Waals surface area contributed by atoms with Crippen molar-refractivity contribution in [1.29, 1.82) is 0 Å². The first kappa shape index (κ1) is 11.0. The highest BCUT2D eigenvalue weighted by Gasteiger charge is 2.52. The number of hydrogen-bond acceptors (Lipinski definition) is 4. The molecular weight excluding hydrogens is 195 g/mol. The molecule has 13 heavy (non-hydrogen) atoms.